The number of rotatable bonds is 3. The molecule has 5 heterocycles. The molecule has 1 fully saturated rings. The number of fused-ring (bicyclic) bond motifs is 3. The van der Waals surface area contributed by atoms with E-state index in [-0.39, 0.29) is 17.1 Å². The Hall–Kier alpha value is -3.65. The van der Waals surface area contributed by atoms with Crippen LogP contribution >= 0.6 is 0 Å². The molecule has 5 N–H and O–H groups in total. The van der Waals surface area contributed by atoms with E-state index in [1.54, 1.807) is 19.2 Å². The van der Waals surface area contributed by atoms with Crippen LogP contribution in [0.4, 0.5) is 15.8 Å². The summed E-state index contributed by atoms with van der Waals surface area (Å²) in [7, 11) is 0. The molecule has 2 aliphatic rings. The number of nitrogens with one attached hydrogen (secondary N) is 5. The topological polar surface area (TPSA) is 97.6 Å². The average molecular weight is 445 g/mol. The summed E-state index contributed by atoms with van der Waals surface area (Å²) in [6.45, 7) is 4.08. The Morgan fingerprint density at radius 2 is 2.09 bits per heavy atom. The van der Waals surface area contributed by atoms with Crippen LogP contribution in [0.5, 0.6) is 0 Å². The Morgan fingerprint density at radius 3 is 2.94 bits per heavy atom. The minimum atomic E-state index is -0.291. The normalized spacial score (nSPS) is 20.1. The number of nitrogens with zero attached hydrogens (tertiary/aromatic N) is 1. The van der Waals surface area contributed by atoms with Crippen LogP contribution in [-0.2, 0) is 5.41 Å². The van der Waals surface area contributed by atoms with Gasteiger partial charge in [-0.1, -0.05) is 6.07 Å². The van der Waals surface area contributed by atoms with Crippen molar-refractivity contribution in [1.29, 1.82) is 0 Å². The third-order valence-corrected chi connectivity index (χ3v) is 7.07. The average Bonchev–Trinajstić information content (AvgIpc) is 3.46. The third-order valence-electron chi connectivity index (χ3n) is 7.07. The van der Waals surface area contributed by atoms with E-state index in [0.717, 1.165) is 53.9 Å². The lowest BCUT2D eigenvalue weighted by atomic mass is 9.74. The first-order chi connectivity index (χ1) is 16.1. The van der Waals surface area contributed by atoms with E-state index in [9.17, 15) is 9.18 Å². The zero-order chi connectivity index (χ0) is 22.6. The molecule has 0 unspecified atom stereocenters. The second kappa shape index (κ2) is 7.45. The number of halogens is 1. The number of piperidine rings is 1. The summed E-state index contributed by atoms with van der Waals surface area (Å²) in [4.78, 5) is 24.5. The molecule has 1 atom stereocenters. The van der Waals surface area contributed by atoms with Gasteiger partial charge in [0.05, 0.1) is 16.9 Å². The molecule has 33 heavy (non-hydrogen) atoms. The van der Waals surface area contributed by atoms with E-state index in [4.69, 9.17) is 0 Å². The van der Waals surface area contributed by atoms with Crippen LogP contribution in [0.25, 0.3) is 22.3 Å². The zero-order valence-electron chi connectivity index (χ0n) is 18.3. The molecule has 0 bridgehead atoms. The van der Waals surface area contributed by atoms with Gasteiger partial charge in [-0.05, 0) is 50.6 Å². The lowest BCUT2D eigenvalue weighted by Gasteiger charge is -2.40. The lowest BCUT2D eigenvalue weighted by molar-refractivity contribution is 0.0916. The molecule has 7 nitrogen and oxygen atoms in total. The molecule has 3 aromatic heterocycles. The molecule has 1 aromatic carbocycles. The highest BCUT2D eigenvalue weighted by atomic mass is 19.1. The highest BCUT2D eigenvalue weighted by molar-refractivity contribution is 6.09. The number of hydrogen-bond acceptors (Lipinski definition) is 4. The number of carbonyl (C=O) groups excluding carboxylic acids is 1. The van der Waals surface area contributed by atoms with Crippen molar-refractivity contribution in [1.82, 2.24) is 25.6 Å². The largest absolute Gasteiger partial charge is 0.355 e. The summed E-state index contributed by atoms with van der Waals surface area (Å²) < 4.78 is 14.4. The first-order valence-corrected chi connectivity index (χ1v) is 11.3. The number of hydrogen-bond donors (Lipinski definition) is 5. The number of aromatic amines is 2. The van der Waals surface area contributed by atoms with E-state index in [1.807, 2.05) is 24.4 Å². The second-order valence-corrected chi connectivity index (χ2v) is 9.00. The van der Waals surface area contributed by atoms with Crippen LogP contribution in [0, 0.1) is 12.7 Å². The maximum Gasteiger partial charge on any atom is 0.255 e. The number of aromatic nitrogens is 3. The highest BCUT2D eigenvalue weighted by Gasteiger charge is 2.44. The Labute approximate surface area is 190 Å². The monoisotopic (exact) mass is 444 g/mol. The highest BCUT2D eigenvalue weighted by Crippen LogP contribution is 2.45. The molecule has 8 heteroatoms. The molecular weight excluding hydrogens is 419 g/mol. The van der Waals surface area contributed by atoms with Crippen LogP contribution in [0.2, 0.25) is 0 Å². The van der Waals surface area contributed by atoms with Gasteiger partial charge in [0.1, 0.15) is 11.5 Å². The molecule has 0 radical (unpaired) electrons. The predicted molar refractivity (Wildman–Crippen MR) is 126 cm³/mol. The number of anilines is 2. The van der Waals surface area contributed by atoms with Crippen molar-refractivity contribution in [2.45, 2.75) is 25.2 Å². The minimum Gasteiger partial charge on any atom is -0.355 e. The Balaban J connectivity index is 1.62. The molecule has 4 aromatic rings. The fraction of sp³-hybridized carbons (Fsp3) is 0.280. The SMILES string of the molecule is Cc1c(F)cccc1Nc1c(-c2ccnc3[nH]ccc23)[nH]c2c1C(=O)NC[C@]21CCCNC1. The molecule has 1 amide bonds. The molecule has 0 aliphatic carbocycles. The predicted octanol–water partition coefficient (Wildman–Crippen LogP) is 4.11. The summed E-state index contributed by atoms with van der Waals surface area (Å²) in [5.74, 6) is -0.417. The van der Waals surface area contributed by atoms with Gasteiger partial charge in [0.25, 0.3) is 5.91 Å². The second-order valence-electron chi connectivity index (χ2n) is 9.00. The quantitative estimate of drug-likeness (QED) is 0.328. The molecule has 1 saturated heterocycles. The summed E-state index contributed by atoms with van der Waals surface area (Å²) in [5, 5.41) is 11.0. The van der Waals surface area contributed by atoms with Gasteiger partial charge in [0, 0.05) is 58.8 Å². The van der Waals surface area contributed by atoms with Crippen molar-refractivity contribution < 1.29 is 9.18 Å². The smallest absolute Gasteiger partial charge is 0.255 e. The van der Waals surface area contributed by atoms with E-state index in [2.05, 4.69) is 30.9 Å². The first kappa shape index (κ1) is 20.0. The van der Waals surface area contributed by atoms with Gasteiger partial charge in [-0.2, -0.15) is 0 Å². The number of H-pyrrole nitrogens is 2. The van der Waals surface area contributed by atoms with Gasteiger partial charge in [-0.15, -0.1) is 0 Å². The van der Waals surface area contributed by atoms with Gasteiger partial charge in [-0.3, -0.25) is 4.79 Å². The summed E-state index contributed by atoms with van der Waals surface area (Å²) in [6, 6.07) is 8.87. The molecule has 0 saturated carbocycles. The number of pyridine rings is 1. The van der Waals surface area contributed by atoms with Gasteiger partial charge in [0.15, 0.2) is 0 Å². The van der Waals surface area contributed by atoms with Crippen LogP contribution < -0.4 is 16.0 Å². The van der Waals surface area contributed by atoms with Crippen LogP contribution in [0.15, 0.2) is 42.7 Å². The van der Waals surface area contributed by atoms with Gasteiger partial charge in [0.2, 0.25) is 0 Å². The molecule has 6 rings (SSSR count). The van der Waals surface area contributed by atoms with Crippen LogP contribution in [-0.4, -0.2) is 40.5 Å². The summed E-state index contributed by atoms with van der Waals surface area (Å²) in [6.07, 6.45) is 5.62. The van der Waals surface area contributed by atoms with E-state index in [0.29, 0.717) is 29.0 Å². The summed E-state index contributed by atoms with van der Waals surface area (Å²) >= 11 is 0. The molecule has 2 aliphatic heterocycles. The maximum absolute atomic E-state index is 14.4. The number of amides is 1. The van der Waals surface area contributed by atoms with Crippen molar-refractivity contribution in [3.63, 3.8) is 0 Å². The Morgan fingerprint density at radius 1 is 1.18 bits per heavy atom. The van der Waals surface area contributed by atoms with Crippen molar-refractivity contribution >= 4 is 28.3 Å². The van der Waals surface area contributed by atoms with Gasteiger partial charge < -0.3 is 25.9 Å². The van der Waals surface area contributed by atoms with Crippen molar-refractivity contribution in [2.24, 2.45) is 0 Å². The van der Waals surface area contributed by atoms with E-state index in [1.165, 1.54) is 6.07 Å². The van der Waals surface area contributed by atoms with Crippen molar-refractivity contribution in [2.75, 3.05) is 25.0 Å². The van der Waals surface area contributed by atoms with E-state index < -0.39 is 0 Å². The molecular formula is C25H25FN6O. The first-order valence-electron chi connectivity index (χ1n) is 11.3. The Kier molecular flexibility index (Phi) is 4.51. The Bertz CT molecular complexity index is 1380. The summed E-state index contributed by atoms with van der Waals surface area (Å²) in [5.41, 5.74) is 5.63. The number of benzene rings is 1. The fourth-order valence-electron chi connectivity index (χ4n) is 5.27. The zero-order valence-corrected chi connectivity index (χ0v) is 18.3. The standard InChI is InChI=1S/C25H25FN6O/c1-14-17(26)4-2-5-18(14)31-21-19-22(25(13-30-24(19)33)8-3-9-27-12-25)32-20(21)15-6-10-28-23-16(15)7-11-29-23/h2,4-7,10-11,27,31-32H,3,8-9,12-13H2,1H3,(H,28,29)(H,30,33)/t25-/m1/s1. The van der Waals surface area contributed by atoms with Gasteiger partial charge >= 0.3 is 0 Å². The van der Waals surface area contributed by atoms with Gasteiger partial charge in [-0.25, -0.2) is 9.37 Å². The van der Waals surface area contributed by atoms with Crippen LogP contribution in [0.3, 0.4) is 0 Å². The molecule has 168 valence electrons. The maximum atomic E-state index is 14.4. The van der Waals surface area contributed by atoms with Crippen molar-refractivity contribution in [3.8, 4) is 11.3 Å². The van der Waals surface area contributed by atoms with E-state index >= 15 is 0 Å². The van der Waals surface area contributed by atoms with Crippen molar-refractivity contribution in [3.05, 3.63) is 65.4 Å². The number of carbonyl (C=O) groups is 1. The fourth-order valence-corrected chi connectivity index (χ4v) is 5.27. The van der Waals surface area contributed by atoms with Crippen LogP contribution in [0.1, 0.15) is 34.5 Å². The minimum absolute atomic E-state index is 0.125. The third kappa shape index (κ3) is 3.05. The lowest BCUT2D eigenvalue weighted by Crippen LogP contribution is -2.54. The molecule has 1 spiro atoms.